The van der Waals surface area contributed by atoms with Gasteiger partial charge in [0.25, 0.3) is 0 Å². The highest BCUT2D eigenvalue weighted by Crippen LogP contribution is 2.15. The molecule has 0 saturated carbocycles. The van der Waals surface area contributed by atoms with Gasteiger partial charge in [0.05, 0.1) is 12.1 Å². The first-order valence-electron chi connectivity index (χ1n) is 5.23. The molecule has 2 rings (SSSR count). The Morgan fingerprint density at radius 3 is 2.65 bits per heavy atom. The number of carbonyl (C=O) groups is 1. The minimum atomic E-state index is -0.904. The molecule has 0 bridgehead atoms. The summed E-state index contributed by atoms with van der Waals surface area (Å²) in [4.78, 5) is 15.1. The molecule has 0 aliphatic heterocycles. The fraction of sp³-hybridized carbons (Fsp3) is 0.364. The van der Waals surface area contributed by atoms with Gasteiger partial charge in [-0.15, -0.1) is 0 Å². The van der Waals surface area contributed by atoms with Crippen LogP contribution in [0.4, 0.5) is 0 Å². The van der Waals surface area contributed by atoms with Crippen LogP contribution in [0.3, 0.4) is 0 Å². The Balaban J connectivity index is 2.36. The van der Waals surface area contributed by atoms with Crippen molar-refractivity contribution in [1.82, 2.24) is 19.3 Å². The maximum absolute atomic E-state index is 11.0. The number of nitrogens with zero attached hydrogens (tertiary/aromatic N) is 4. The molecule has 0 aliphatic carbocycles. The van der Waals surface area contributed by atoms with Crippen LogP contribution in [-0.4, -0.2) is 30.4 Å². The zero-order chi connectivity index (χ0) is 12.6. The van der Waals surface area contributed by atoms with Crippen molar-refractivity contribution in [3.63, 3.8) is 0 Å². The Morgan fingerprint density at radius 1 is 1.47 bits per heavy atom. The van der Waals surface area contributed by atoms with E-state index in [0.29, 0.717) is 17.9 Å². The number of carboxylic acids is 1. The lowest BCUT2D eigenvalue weighted by Crippen LogP contribution is -2.07. The number of carboxylic acid groups (broad SMARTS) is 1. The summed E-state index contributed by atoms with van der Waals surface area (Å²) in [5, 5.41) is 13.2. The van der Waals surface area contributed by atoms with Gasteiger partial charge >= 0.3 is 5.97 Å². The molecule has 0 aromatic carbocycles. The van der Waals surface area contributed by atoms with Crippen molar-refractivity contribution < 1.29 is 9.90 Å². The van der Waals surface area contributed by atoms with Gasteiger partial charge in [0, 0.05) is 18.4 Å². The van der Waals surface area contributed by atoms with Gasteiger partial charge in [0.2, 0.25) is 0 Å². The van der Waals surface area contributed by atoms with E-state index in [2.05, 4.69) is 10.1 Å². The quantitative estimate of drug-likeness (QED) is 0.859. The highest BCUT2D eigenvalue weighted by Gasteiger charge is 2.15. The molecule has 0 spiro atoms. The van der Waals surface area contributed by atoms with E-state index >= 15 is 0 Å². The van der Waals surface area contributed by atoms with Gasteiger partial charge in [0.1, 0.15) is 6.33 Å². The molecule has 0 unspecified atom stereocenters. The standard InChI is InChI=1S/C11H14N4O2/c1-7-4-9(11(16)17)8(2)15(7)5-10-12-6-14(3)13-10/h4,6H,5H2,1-3H3,(H,16,17). The summed E-state index contributed by atoms with van der Waals surface area (Å²) in [7, 11) is 1.80. The molecule has 0 amide bonds. The van der Waals surface area contributed by atoms with Crippen molar-refractivity contribution in [2.75, 3.05) is 0 Å². The number of aryl methyl sites for hydroxylation is 2. The van der Waals surface area contributed by atoms with Crippen molar-refractivity contribution in [2.24, 2.45) is 7.05 Å². The Morgan fingerprint density at radius 2 is 2.18 bits per heavy atom. The lowest BCUT2D eigenvalue weighted by atomic mass is 10.2. The minimum Gasteiger partial charge on any atom is -0.478 e. The lowest BCUT2D eigenvalue weighted by molar-refractivity contribution is 0.0696. The molecule has 0 fully saturated rings. The van der Waals surface area contributed by atoms with Crippen molar-refractivity contribution in [3.05, 3.63) is 35.2 Å². The second-order valence-corrected chi connectivity index (χ2v) is 4.01. The summed E-state index contributed by atoms with van der Waals surface area (Å²) in [6.07, 6.45) is 1.63. The zero-order valence-corrected chi connectivity index (χ0v) is 10.0. The minimum absolute atomic E-state index is 0.332. The van der Waals surface area contributed by atoms with Gasteiger partial charge in [-0.2, -0.15) is 5.10 Å². The van der Waals surface area contributed by atoms with Crippen molar-refractivity contribution >= 4 is 5.97 Å². The van der Waals surface area contributed by atoms with E-state index in [1.54, 1.807) is 31.0 Å². The molecule has 0 aliphatic rings. The van der Waals surface area contributed by atoms with Gasteiger partial charge in [-0.25, -0.2) is 9.78 Å². The largest absolute Gasteiger partial charge is 0.478 e. The van der Waals surface area contributed by atoms with E-state index in [-0.39, 0.29) is 0 Å². The lowest BCUT2D eigenvalue weighted by Gasteiger charge is -2.06. The van der Waals surface area contributed by atoms with Crippen molar-refractivity contribution in [1.29, 1.82) is 0 Å². The topological polar surface area (TPSA) is 72.9 Å². The summed E-state index contributed by atoms with van der Waals surface area (Å²) in [5.74, 6) is -0.232. The Hall–Kier alpha value is -2.11. The average Bonchev–Trinajstić information content (AvgIpc) is 2.77. The third kappa shape index (κ3) is 2.06. The number of hydrogen-bond donors (Lipinski definition) is 1. The first-order valence-corrected chi connectivity index (χ1v) is 5.23. The molecule has 2 heterocycles. The van der Waals surface area contributed by atoms with Crippen LogP contribution in [0.1, 0.15) is 27.6 Å². The van der Waals surface area contributed by atoms with Crippen molar-refractivity contribution in [2.45, 2.75) is 20.4 Å². The molecule has 1 N–H and O–H groups in total. The molecule has 2 aromatic rings. The van der Waals surface area contributed by atoms with Crippen LogP contribution >= 0.6 is 0 Å². The molecule has 0 radical (unpaired) electrons. The molecular formula is C11H14N4O2. The van der Waals surface area contributed by atoms with E-state index in [1.807, 2.05) is 11.5 Å². The van der Waals surface area contributed by atoms with Gasteiger partial charge in [0.15, 0.2) is 5.82 Å². The Kier molecular flexibility index (Phi) is 2.71. The summed E-state index contributed by atoms with van der Waals surface area (Å²) in [5.41, 5.74) is 1.95. The maximum atomic E-state index is 11.0. The fourth-order valence-corrected chi connectivity index (χ4v) is 1.86. The molecular weight excluding hydrogens is 220 g/mol. The zero-order valence-electron chi connectivity index (χ0n) is 10.0. The molecule has 0 atom stereocenters. The van der Waals surface area contributed by atoms with Crippen LogP contribution in [0.2, 0.25) is 0 Å². The SMILES string of the molecule is Cc1cc(C(=O)O)c(C)n1Cc1ncn(C)n1. The second kappa shape index (κ2) is 4.04. The smallest absolute Gasteiger partial charge is 0.337 e. The average molecular weight is 234 g/mol. The molecule has 6 heteroatoms. The van der Waals surface area contributed by atoms with E-state index in [9.17, 15) is 4.79 Å². The first kappa shape index (κ1) is 11.4. The molecule has 17 heavy (non-hydrogen) atoms. The normalized spacial score (nSPS) is 10.8. The molecule has 90 valence electrons. The van der Waals surface area contributed by atoms with Crippen LogP contribution in [-0.2, 0) is 13.6 Å². The fourth-order valence-electron chi connectivity index (χ4n) is 1.86. The summed E-state index contributed by atoms with van der Waals surface area (Å²) >= 11 is 0. The van der Waals surface area contributed by atoms with E-state index in [4.69, 9.17) is 5.11 Å². The summed E-state index contributed by atoms with van der Waals surface area (Å²) in [6.45, 7) is 4.16. The maximum Gasteiger partial charge on any atom is 0.337 e. The second-order valence-electron chi connectivity index (χ2n) is 4.01. The predicted octanol–water partition coefficient (Wildman–Crippen LogP) is 0.980. The number of aromatic carboxylic acids is 1. The highest BCUT2D eigenvalue weighted by atomic mass is 16.4. The van der Waals surface area contributed by atoms with Crippen LogP contribution in [0, 0.1) is 13.8 Å². The monoisotopic (exact) mass is 234 g/mol. The van der Waals surface area contributed by atoms with Gasteiger partial charge in [-0.1, -0.05) is 0 Å². The first-order chi connectivity index (χ1) is 7.99. The van der Waals surface area contributed by atoms with Gasteiger partial charge in [-0.05, 0) is 19.9 Å². The van der Waals surface area contributed by atoms with Crippen LogP contribution in [0.15, 0.2) is 12.4 Å². The summed E-state index contributed by atoms with van der Waals surface area (Å²) in [6, 6.07) is 1.67. The third-order valence-corrected chi connectivity index (χ3v) is 2.75. The molecule has 2 aromatic heterocycles. The van der Waals surface area contributed by atoms with E-state index in [0.717, 1.165) is 11.4 Å². The van der Waals surface area contributed by atoms with Crippen LogP contribution in [0.5, 0.6) is 0 Å². The summed E-state index contributed by atoms with van der Waals surface area (Å²) < 4.78 is 3.53. The van der Waals surface area contributed by atoms with Crippen molar-refractivity contribution in [3.8, 4) is 0 Å². The number of hydrogen-bond acceptors (Lipinski definition) is 3. The Bertz CT molecular complexity index is 568. The van der Waals surface area contributed by atoms with E-state index < -0.39 is 5.97 Å². The number of rotatable bonds is 3. The Labute approximate surface area is 98.5 Å². The van der Waals surface area contributed by atoms with Gasteiger partial charge in [-0.3, -0.25) is 4.68 Å². The molecule has 6 nitrogen and oxygen atoms in total. The number of aromatic nitrogens is 4. The predicted molar refractivity (Wildman–Crippen MR) is 61.0 cm³/mol. The highest BCUT2D eigenvalue weighted by molar-refractivity contribution is 5.89. The van der Waals surface area contributed by atoms with Crippen LogP contribution < -0.4 is 0 Å². The third-order valence-electron chi connectivity index (χ3n) is 2.75. The van der Waals surface area contributed by atoms with E-state index in [1.165, 1.54) is 0 Å². The van der Waals surface area contributed by atoms with Crippen LogP contribution in [0.25, 0.3) is 0 Å². The van der Waals surface area contributed by atoms with Gasteiger partial charge < -0.3 is 9.67 Å². The molecule has 0 saturated heterocycles.